The molecule has 2 heterocycles. The van der Waals surface area contributed by atoms with Gasteiger partial charge < -0.3 is 14.9 Å². The number of aromatic nitrogens is 2. The number of piperidine rings is 1. The van der Waals surface area contributed by atoms with Crippen LogP contribution in [0.15, 0.2) is 18.5 Å². The van der Waals surface area contributed by atoms with Gasteiger partial charge >= 0.3 is 36.1 Å². The molecule has 0 bridgehead atoms. The Hall–Kier alpha value is -1.73. The zero-order chi connectivity index (χ0) is 24.7. The van der Waals surface area contributed by atoms with Gasteiger partial charge in [-0.05, 0) is 99.4 Å². The molecule has 0 spiro atoms. The van der Waals surface area contributed by atoms with Crippen molar-refractivity contribution < 1.29 is 51.6 Å². The van der Waals surface area contributed by atoms with E-state index < -0.39 is 28.8 Å². The van der Waals surface area contributed by atoms with Crippen molar-refractivity contribution in [1.29, 1.82) is 0 Å². The molecule has 2 aliphatic carbocycles. The van der Waals surface area contributed by atoms with Crippen molar-refractivity contribution in [1.82, 2.24) is 14.7 Å². The minimum atomic E-state index is -4.52. The van der Waals surface area contributed by atoms with Gasteiger partial charge in [0.25, 0.3) is 10.2 Å². The van der Waals surface area contributed by atoms with E-state index in [1.807, 2.05) is 7.05 Å². The normalized spacial score (nSPS) is 18.0. The minimum Gasteiger partial charge on any atom is -0.423 e. The topological polar surface area (TPSA) is 102 Å². The zero-order valence-corrected chi connectivity index (χ0v) is 23.4. The Bertz CT molecular complexity index is 1200. The van der Waals surface area contributed by atoms with Crippen LogP contribution in [0.2, 0.25) is 0 Å². The second-order valence-electron chi connectivity index (χ2n) is 9.52. The molecule has 13 heteroatoms. The Labute approximate surface area is 232 Å². The third kappa shape index (κ3) is 5.42. The molecule has 0 radical (unpaired) electrons. The Kier molecular flexibility index (Phi) is 8.30. The summed E-state index contributed by atoms with van der Waals surface area (Å²) >= 11 is 0. The number of benzene rings is 1. The summed E-state index contributed by atoms with van der Waals surface area (Å²) in [6.07, 6.45) is 8.55. The van der Waals surface area contributed by atoms with Crippen molar-refractivity contribution in [3.8, 4) is 0 Å². The summed E-state index contributed by atoms with van der Waals surface area (Å²) in [5.41, 5.74) is 5.21. The van der Waals surface area contributed by atoms with Crippen LogP contribution in [-0.4, -0.2) is 55.3 Å². The van der Waals surface area contributed by atoms with E-state index in [0.29, 0.717) is 36.3 Å². The van der Waals surface area contributed by atoms with Crippen molar-refractivity contribution in [2.75, 3.05) is 29.8 Å². The zero-order valence-electron chi connectivity index (χ0n) is 20.6. The fraction of sp³-hybridized carbons (Fsp3) is 0.565. The molecule has 5 rings (SSSR count). The number of urea groups is 1. The van der Waals surface area contributed by atoms with Gasteiger partial charge in [-0.25, -0.2) is 13.1 Å². The largest absolute Gasteiger partial charge is 1.00 e. The molecule has 36 heavy (non-hydrogen) atoms. The predicted octanol–water partition coefficient (Wildman–Crippen LogP) is 1.01. The fourth-order valence-corrected chi connectivity index (χ4v) is 6.85. The molecule has 1 aliphatic heterocycles. The first-order chi connectivity index (χ1) is 16.7. The summed E-state index contributed by atoms with van der Waals surface area (Å²) in [5, 5.41) is 6.37. The number of anilines is 2. The molecular weight excluding hydrogens is 501 g/mol. The number of likely N-dealkylation sites (tertiary alicyclic amines) is 1. The van der Waals surface area contributed by atoms with E-state index in [1.54, 1.807) is 0 Å². The third-order valence-electron chi connectivity index (χ3n) is 7.21. The van der Waals surface area contributed by atoms with Crippen LogP contribution in [0.1, 0.15) is 54.5 Å². The van der Waals surface area contributed by atoms with Crippen LogP contribution < -0.4 is 39.2 Å². The first-order valence-corrected chi connectivity index (χ1v) is 13.4. The molecule has 1 N–H and O–H groups in total. The first kappa shape index (κ1) is 27.3. The molecule has 0 unspecified atom stereocenters. The van der Waals surface area contributed by atoms with Crippen molar-refractivity contribution >= 4 is 27.6 Å². The average Bonchev–Trinajstić information content (AvgIpc) is 3.55. The summed E-state index contributed by atoms with van der Waals surface area (Å²) in [7, 11) is -2.59. The van der Waals surface area contributed by atoms with Gasteiger partial charge in [-0.15, -0.1) is 0 Å². The number of amides is 2. The Balaban J connectivity index is 0.00000304. The molecule has 1 aromatic heterocycles. The SMILES string of the molecule is CN1CCC(N(c2cnn(C(F)F)c2)S(=O)(=O)[N-]C(=O)Nc2c3c(cc4c2CCC4)CCC3)CC1.[Na+]. The standard InChI is InChI=1S/C23H30F2N6O3S.Na/c1-29-10-8-17(9-11-29)31(18-13-26-30(14-18)22(24)25)35(33,34)28-23(32)27-21-19-6-2-4-15(19)12-16-5-3-7-20(16)21;/h12-14,17,22H,2-11H2,1H3,(H2,27,28,32);/q;+1/p-1. The predicted molar refractivity (Wildman–Crippen MR) is 128 cm³/mol. The van der Waals surface area contributed by atoms with Crippen molar-refractivity contribution in [3.05, 3.63) is 45.4 Å². The maximum atomic E-state index is 13.4. The molecule has 0 atom stereocenters. The van der Waals surface area contributed by atoms with Crippen LogP contribution in [0.5, 0.6) is 0 Å². The summed E-state index contributed by atoms with van der Waals surface area (Å²) in [4.78, 5) is 15.0. The van der Waals surface area contributed by atoms with Gasteiger partial charge in [0.2, 0.25) is 0 Å². The van der Waals surface area contributed by atoms with Crippen LogP contribution in [0, 0.1) is 0 Å². The van der Waals surface area contributed by atoms with Crippen LogP contribution in [0.25, 0.3) is 4.72 Å². The number of carbonyl (C=O) groups excluding carboxylic acids is 1. The van der Waals surface area contributed by atoms with Gasteiger partial charge in [0.15, 0.2) is 6.03 Å². The first-order valence-electron chi connectivity index (χ1n) is 12.0. The van der Waals surface area contributed by atoms with Gasteiger partial charge in [-0.2, -0.15) is 13.9 Å². The van der Waals surface area contributed by atoms with E-state index in [9.17, 15) is 22.0 Å². The van der Waals surface area contributed by atoms with E-state index in [0.717, 1.165) is 66.4 Å². The summed E-state index contributed by atoms with van der Waals surface area (Å²) in [5.74, 6) is 0. The number of carbonyl (C=O) groups is 1. The number of alkyl halides is 2. The van der Waals surface area contributed by atoms with Gasteiger partial charge in [0, 0.05) is 6.04 Å². The van der Waals surface area contributed by atoms with Crippen molar-refractivity contribution in [2.45, 2.75) is 64.0 Å². The second kappa shape index (κ2) is 10.9. The van der Waals surface area contributed by atoms with E-state index in [-0.39, 0.29) is 35.2 Å². The molecule has 3 aliphatic rings. The number of fused-ring (bicyclic) bond motifs is 2. The molecule has 2 aromatic rings. The van der Waals surface area contributed by atoms with E-state index in [2.05, 4.69) is 26.1 Å². The fourth-order valence-electron chi connectivity index (χ4n) is 5.56. The third-order valence-corrected chi connectivity index (χ3v) is 8.62. The van der Waals surface area contributed by atoms with Crippen LogP contribution >= 0.6 is 0 Å². The average molecular weight is 531 g/mol. The van der Waals surface area contributed by atoms with Crippen LogP contribution in [0.3, 0.4) is 0 Å². The molecule has 1 aromatic carbocycles. The molecule has 1 saturated heterocycles. The van der Waals surface area contributed by atoms with Gasteiger partial charge in [0.05, 0.1) is 18.1 Å². The molecular formula is C23H29F2N6NaO3S. The molecule has 9 nitrogen and oxygen atoms in total. The van der Waals surface area contributed by atoms with Gasteiger partial charge in [-0.3, -0.25) is 9.10 Å². The Morgan fingerprint density at radius 1 is 1.14 bits per heavy atom. The number of aryl methyl sites for hydroxylation is 2. The van der Waals surface area contributed by atoms with Gasteiger partial charge in [-0.1, -0.05) is 6.07 Å². The summed E-state index contributed by atoms with van der Waals surface area (Å²) in [6, 6.07) is 0.725. The number of hydrogen-bond acceptors (Lipinski definition) is 5. The van der Waals surface area contributed by atoms with E-state index in [1.165, 1.54) is 11.1 Å². The Morgan fingerprint density at radius 2 is 1.75 bits per heavy atom. The van der Waals surface area contributed by atoms with Crippen molar-refractivity contribution in [2.24, 2.45) is 0 Å². The smallest absolute Gasteiger partial charge is 0.423 e. The maximum Gasteiger partial charge on any atom is 1.00 e. The van der Waals surface area contributed by atoms with Crippen LogP contribution in [-0.2, 0) is 35.9 Å². The molecule has 1 fully saturated rings. The van der Waals surface area contributed by atoms with E-state index >= 15 is 0 Å². The number of rotatable bonds is 6. The molecule has 0 saturated carbocycles. The molecule has 190 valence electrons. The minimum absolute atomic E-state index is 0. The second-order valence-corrected chi connectivity index (χ2v) is 11.0. The van der Waals surface area contributed by atoms with Crippen molar-refractivity contribution in [3.63, 3.8) is 0 Å². The quantitative estimate of drug-likeness (QED) is 0.562. The number of nitrogens with one attached hydrogen (secondary N) is 1. The number of halogens is 2. The molecule has 2 amide bonds. The summed E-state index contributed by atoms with van der Waals surface area (Å²) < 4.78 is 58.1. The monoisotopic (exact) mass is 530 g/mol. The maximum absolute atomic E-state index is 13.4. The summed E-state index contributed by atoms with van der Waals surface area (Å²) in [6.45, 7) is -1.64. The van der Waals surface area contributed by atoms with E-state index in [4.69, 9.17) is 0 Å². The van der Waals surface area contributed by atoms with Gasteiger partial charge in [0.1, 0.15) is 0 Å². The number of nitrogens with zero attached hydrogens (tertiary/aromatic N) is 5. The van der Waals surface area contributed by atoms with Crippen LogP contribution in [0.4, 0.5) is 25.0 Å². The number of hydrogen-bond donors (Lipinski definition) is 1. The Morgan fingerprint density at radius 3 is 2.31 bits per heavy atom.